The molecule has 0 amide bonds. The average molecular weight is 435 g/mol. The zero-order valence-corrected chi connectivity index (χ0v) is 18.1. The van der Waals surface area contributed by atoms with Crippen LogP contribution in [0.4, 0.5) is 17.5 Å². The summed E-state index contributed by atoms with van der Waals surface area (Å²) in [5.74, 6) is 2.13. The zero-order chi connectivity index (χ0) is 21.3. The van der Waals surface area contributed by atoms with E-state index in [4.69, 9.17) is 24.9 Å². The van der Waals surface area contributed by atoms with Gasteiger partial charge < -0.3 is 24.8 Å². The van der Waals surface area contributed by atoms with Gasteiger partial charge in [-0.1, -0.05) is 0 Å². The Balaban J connectivity index is 1.83. The van der Waals surface area contributed by atoms with Crippen molar-refractivity contribution < 1.29 is 18.4 Å². The van der Waals surface area contributed by atoms with E-state index in [1.165, 1.54) is 7.11 Å². The second-order valence-electron chi connectivity index (χ2n) is 7.46. The van der Waals surface area contributed by atoms with Crippen LogP contribution in [0.25, 0.3) is 11.4 Å². The van der Waals surface area contributed by atoms with Crippen LogP contribution in [0.5, 0.6) is 5.88 Å². The van der Waals surface area contributed by atoms with E-state index in [-0.39, 0.29) is 11.3 Å². The summed E-state index contributed by atoms with van der Waals surface area (Å²) in [6, 6.07) is 5.30. The highest BCUT2D eigenvalue weighted by Crippen LogP contribution is 2.29. The van der Waals surface area contributed by atoms with Crippen molar-refractivity contribution in [2.24, 2.45) is 4.36 Å². The molecule has 0 unspecified atom stereocenters. The molecule has 2 N–H and O–H groups in total. The summed E-state index contributed by atoms with van der Waals surface area (Å²) < 4.78 is 33.6. The topological polar surface area (TPSA) is 125 Å². The van der Waals surface area contributed by atoms with Crippen LogP contribution < -0.4 is 15.4 Å². The summed E-state index contributed by atoms with van der Waals surface area (Å²) in [4.78, 5) is 15.6. The lowest BCUT2D eigenvalue weighted by atomic mass is 10.2. The quantitative estimate of drug-likeness (QED) is 0.745. The number of nitrogens with two attached hydrogens (primary N) is 1. The first-order valence-corrected chi connectivity index (χ1v) is 11.7. The number of pyridine rings is 1. The molecular weight excluding hydrogens is 408 g/mol. The minimum Gasteiger partial charge on any atom is -0.481 e. The Morgan fingerprint density at radius 2 is 2.00 bits per heavy atom. The van der Waals surface area contributed by atoms with Crippen molar-refractivity contribution >= 4 is 27.2 Å². The van der Waals surface area contributed by atoms with Gasteiger partial charge in [0.2, 0.25) is 5.88 Å². The van der Waals surface area contributed by atoms with Gasteiger partial charge >= 0.3 is 0 Å². The van der Waals surface area contributed by atoms with E-state index in [0.29, 0.717) is 67.7 Å². The summed E-state index contributed by atoms with van der Waals surface area (Å²) in [7, 11) is -0.983. The molecule has 0 bridgehead atoms. The van der Waals surface area contributed by atoms with Gasteiger partial charge in [-0.05, 0) is 13.0 Å². The van der Waals surface area contributed by atoms with Crippen molar-refractivity contribution in [1.82, 2.24) is 15.0 Å². The Bertz CT molecular complexity index is 1050. The minimum atomic E-state index is -2.50. The molecule has 11 heteroatoms. The van der Waals surface area contributed by atoms with Crippen LogP contribution >= 0.6 is 0 Å². The third-order valence-electron chi connectivity index (χ3n) is 5.15. The van der Waals surface area contributed by atoms with Crippen LogP contribution in [0.15, 0.2) is 22.6 Å². The number of ether oxygens (including phenoxy) is 3. The van der Waals surface area contributed by atoms with E-state index in [0.717, 1.165) is 0 Å². The first-order chi connectivity index (χ1) is 14.4. The van der Waals surface area contributed by atoms with Crippen molar-refractivity contribution in [3.05, 3.63) is 18.2 Å². The van der Waals surface area contributed by atoms with Crippen molar-refractivity contribution in [3.63, 3.8) is 0 Å². The molecule has 0 radical (unpaired) electrons. The van der Waals surface area contributed by atoms with E-state index < -0.39 is 9.73 Å². The molecule has 162 valence electrons. The van der Waals surface area contributed by atoms with Crippen molar-refractivity contribution in [2.45, 2.75) is 18.2 Å². The molecule has 4 rings (SSSR count). The Morgan fingerprint density at radius 3 is 2.67 bits per heavy atom. The molecule has 30 heavy (non-hydrogen) atoms. The number of aromatic nitrogens is 3. The van der Waals surface area contributed by atoms with Crippen molar-refractivity contribution in [3.8, 4) is 17.3 Å². The standard InChI is InChI=1S/C19H26N6O4S/c1-12-9-28-5-4-25(12)17-8-16(24-30(3,26)14-10-29-11-14)22-19(23-17)13-6-15(20)21-18(7-13)27-2/h6-8,12,14H,4-5,9-11H2,1-3H3,(H2,20,21)/t12-,30+/m1/s1. The Morgan fingerprint density at radius 1 is 1.20 bits per heavy atom. The third kappa shape index (κ3) is 4.32. The maximum absolute atomic E-state index is 13.1. The van der Waals surface area contributed by atoms with Gasteiger partial charge in [-0.3, -0.25) is 0 Å². The number of methoxy groups -OCH3 is 1. The van der Waals surface area contributed by atoms with Crippen LogP contribution in [0.3, 0.4) is 0 Å². The highest BCUT2D eigenvalue weighted by molar-refractivity contribution is 7.93. The maximum atomic E-state index is 13.1. The SMILES string of the molecule is COc1cc(-c2nc(N=[S@@](C)(=O)C3COC3)cc(N3CCOC[C@H]3C)n2)cc(N)n1. The molecule has 10 nitrogen and oxygen atoms in total. The lowest BCUT2D eigenvalue weighted by Gasteiger charge is -2.34. The lowest BCUT2D eigenvalue weighted by molar-refractivity contribution is 0.0431. The molecule has 2 aromatic rings. The van der Waals surface area contributed by atoms with Gasteiger partial charge in [0.1, 0.15) is 11.6 Å². The Hall–Kier alpha value is -2.50. The second-order valence-corrected chi connectivity index (χ2v) is 10.0. The lowest BCUT2D eigenvalue weighted by Crippen LogP contribution is -2.44. The minimum absolute atomic E-state index is 0.0988. The summed E-state index contributed by atoms with van der Waals surface area (Å²) in [6.07, 6.45) is 1.65. The summed E-state index contributed by atoms with van der Waals surface area (Å²) >= 11 is 0. The predicted molar refractivity (Wildman–Crippen MR) is 115 cm³/mol. The van der Waals surface area contributed by atoms with Crippen LogP contribution in [0.2, 0.25) is 0 Å². The summed E-state index contributed by atoms with van der Waals surface area (Å²) in [5.41, 5.74) is 6.57. The Kier molecular flexibility index (Phi) is 5.76. The number of hydrogen-bond acceptors (Lipinski definition) is 10. The molecule has 0 aromatic carbocycles. The number of morpholine rings is 1. The van der Waals surface area contributed by atoms with Crippen LogP contribution in [0.1, 0.15) is 6.92 Å². The van der Waals surface area contributed by atoms with E-state index in [1.807, 2.05) is 0 Å². The number of rotatable bonds is 5. The largest absolute Gasteiger partial charge is 0.481 e. The number of nitrogens with zero attached hydrogens (tertiary/aromatic N) is 5. The fraction of sp³-hybridized carbons (Fsp3) is 0.526. The van der Waals surface area contributed by atoms with Crippen molar-refractivity contribution in [2.75, 3.05) is 57.0 Å². The third-order valence-corrected chi connectivity index (χ3v) is 7.21. The highest BCUT2D eigenvalue weighted by Gasteiger charge is 2.28. The molecule has 0 saturated carbocycles. The summed E-state index contributed by atoms with van der Waals surface area (Å²) in [6.45, 7) is 4.86. The molecule has 0 aliphatic carbocycles. The number of hydrogen-bond donors (Lipinski definition) is 1. The van der Waals surface area contributed by atoms with Crippen molar-refractivity contribution in [1.29, 1.82) is 0 Å². The first kappa shape index (κ1) is 20.8. The molecule has 2 aliphatic rings. The summed E-state index contributed by atoms with van der Waals surface area (Å²) in [5, 5.41) is -0.0988. The molecular formula is C19H26N6O4S. The molecule has 2 saturated heterocycles. The molecule has 0 spiro atoms. The smallest absolute Gasteiger partial charge is 0.215 e. The van der Waals surface area contributed by atoms with E-state index in [9.17, 15) is 4.21 Å². The predicted octanol–water partition coefficient (Wildman–Crippen LogP) is 1.48. The average Bonchev–Trinajstić information content (AvgIpc) is 2.65. The Labute approximate surface area is 176 Å². The van der Waals surface area contributed by atoms with Gasteiger partial charge in [-0.2, -0.15) is 9.35 Å². The molecule has 2 aliphatic heterocycles. The van der Waals surface area contributed by atoms with E-state index >= 15 is 0 Å². The molecule has 2 atom stereocenters. The van der Waals surface area contributed by atoms with Crippen LogP contribution in [-0.2, 0) is 19.2 Å². The molecule has 2 fully saturated rings. The normalized spacial score (nSPS) is 21.6. The van der Waals surface area contributed by atoms with Gasteiger partial charge in [-0.15, -0.1) is 0 Å². The van der Waals surface area contributed by atoms with E-state index in [1.54, 1.807) is 24.5 Å². The van der Waals surface area contributed by atoms with Gasteiger partial charge in [0.05, 0.1) is 54.6 Å². The van der Waals surface area contributed by atoms with Gasteiger partial charge in [0, 0.05) is 30.5 Å². The second kappa shape index (κ2) is 8.32. The van der Waals surface area contributed by atoms with Crippen LogP contribution in [0, 0.1) is 0 Å². The first-order valence-electron chi connectivity index (χ1n) is 9.70. The maximum Gasteiger partial charge on any atom is 0.215 e. The fourth-order valence-electron chi connectivity index (χ4n) is 3.30. The number of anilines is 2. The van der Waals surface area contributed by atoms with Crippen LogP contribution in [-0.4, -0.2) is 76.8 Å². The van der Waals surface area contributed by atoms with Gasteiger partial charge in [0.25, 0.3) is 0 Å². The van der Waals surface area contributed by atoms with Gasteiger partial charge in [0.15, 0.2) is 11.6 Å². The van der Waals surface area contributed by atoms with E-state index in [2.05, 4.69) is 26.2 Å². The van der Waals surface area contributed by atoms with Gasteiger partial charge in [-0.25, -0.2) is 14.2 Å². The molecule has 2 aromatic heterocycles. The zero-order valence-electron chi connectivity index (χ0n) is 17.3. The monoisotopic (exact) mass is 434 g/mol. The number of nitrogen functional groups attached to an aromatic ring is 1. The highest BCUT2D eigenvalue weighted by atomic mass is 32.2. The fourth-order valence-corrected chi connectivity index (χ4v) is 4.61. The molecule has 4 heterocycles.